The summed E-state index contributed by atoms with van der Waals surface area (Å²) in [5, 5.41) is 0.807. The van der Waals surface area contributed by atoms with E-state index in [0.29, 0.717) is 11.9 Å². The number of aromatic nitrogens is 3. The van der Waals surface area contributed by atoms with Crippen LogP contribution in [0.1, 0.15) is 25.5 Å². The van der Waals surface area contributed by atoms with E-state index in [1.54, 1.807) is 0 Å². The standard InChI is InChI=1S/C33H34N6O2/c1-4-29(40)39-17-16-25(18-22(39)2)38-19-23(20-38)10-15-28-30(31-32(34)35-21-36-33(31)37(28)3)24-11-13-27(14-12-24)41-26-8-6-5-7-9-26/h4-9,11-14,21-23,25H,1,16-20H2,2-3H3,(H2,34,35,36)/t22-,25?/m1/s1. The van der Waals surface area contributed by atoms with Gasteiger partial charge in [0.1, 0.15) is 35.0 Å². The third-order valence-corrected chi connectivity index (χ3v) is 8.25. The molecule has 208 valence electrons. The molecule has 0 saturated carbocycles. The van der Waals surface area contributed by atoms with E-state index in [2.05, 4.69) is 40.2 Å². The highest BCUT2D eigenvalue weighted by molar-refractivity contribution is 6.03. The summed E-state index contributed by atoms with van der Waals surface area (Å²) in [7, 11) is 1.97. The van der Waals surface area contributed by atoms with E-state index in [-0.39, 0.29) is 17.9 Å². The molecule has 6 rings (SSSR count). The summed E-state index contributed by atoms with van der Waals surface area (Å²) < 4.78 is 8.00. The van der Waals surface area contributed by atoms with E-state index < -0.39 is 0 Å². The number of benzene rings is 2. The van der Waals surface area contributed by atoms with Gasteiger partial charge < -0.3 is 19.9 Å². The quantitative estimate of drug-likeness (QED) is 0.284. The van der Waals surface area contributed by atoms with Crippen LogP contribution in [0.4, 0.5) is 5.82 Å². The van der Waals surface area contributed by atoms with E-state index in [1.807, 2.05) is 71.1 Å². The summed E-state index contributed by atoms with van der Waals surface area (Å²) in [5.41, 5.74) is 9.91. The van der Waals surface area contributed by atoms with Gasteiger partial charge in [0.25, 0.3) is 0 Å². The van der Waals surface area contributed by atoms with Crippen LogP contribution < -0.4 is 10.5 Å². The SMILES string of the molecule is C=CC(=O)N1CCC(N2CC(C#Cc3c(-c4ccc(Oc5ccccc5)cc4)c4c(N)ncnc4n3C)C2)C[C@H]1C. The molecule has 0 bridgehead atoms. The summed E-state index contributed by atoms with van der Waals surface area (Å²) in [6.07, 6.45) is 4.88. The molecule has 8 nitrogen and oxygen atoms in total. The number of para-hydroxylation sites is 1. The Morgan fingerprint density at radius 3 is 2.54 bits per heavy atom. The molecule has 2 aromatic carbocycles. The number of rotatable bonds is 5. The maximum atomic E-state index is 12.1. The molecule has 0 spiro atoms. The molecule has 41 heavy (non-hydrogen) atoms. The molecule has 2 aliphatic rings. The van der Waals surface area contributed by atoms with Gasteiger partial charge in [-0.15, -0.1) is 0 Å². The number of aryl methyl sites for hydroxylation is 1. The highest BCUT2D eigenvalue weighted by Crippen LogP contribution is 2.37. The monoisotopic (exact) mass is 546 g/mol. The molecule has 2 aliphatic heterocycles. The zero-order valence-electron chi connectivity index (χ0n) is 23.5. The van der Waals surface area contributed by atoms with Crippen LogP contribution in [0, 0.1) is 17.8 Å². The maximum absolute atomic E-state index is 12.1. The Bertz CT molecular complexity index is 1640. The van der Waals surface area contributed by atoms with Gasteiger partial charge in [-0.25, -0.2) is 9.97 Å². The fourth-order valence-electron chi connectivity index (χ4n) is 6.01. The van der Waals surface area contributed by atoms with E-state index in [0.717, 1.165) is 71.8 Å². The molecule has 2 N–H and O–H groups in total. The van der Waals surface area contributed by atoms with Crippen molar-refractivity contribution in [1.29, 1.82) is 0 Å². The predicted octanol–water partition coefficient (Wildman–Crippen LogP) is 4.86. The van der Waals surface area contributed by atoms with Crippen molar-refractivity contribution < 1.29 is 9.53 Å². The summed E-state index contributed by atoms with van der Waals surface area (Å²) in [6.45, 7) is 8.42. The van der Waals surface area contributed by atoms with Gasteiger partial charge in [0.05, 0.1) is 5.39 Å². The Hall–Kier alpha value is -4.61. The molecule has 2 atom stereocenters. The number of nitrogens with zero attached hydrogens (tertiary/aromatic N) is 5. The van der Waals surface area contributed by atoms with E-state index in [1.165, 1.54) is 12.4 Å². The Morgan fingerprint density at radius 2 is 1.83 bits per heavy atom. The minimum atomic E-state index is 0.0257. The van der Waals surface area contributed by atoms with Gasteiger partial charge in [0.15, 0.2) is 0 Å². The van der Waals surface area contributed by atoms with Crippen molar-refractivity contribution >= 4 is 22.8 Å². The van der Waals surface area contributed by atoms with E-state index in [4.69, 9.17) is 10.5 Å². The van der Waals surface area contributed by atoms with Crippen LogP contribution in [0.2, 0.25) is 0 Å². The fourth-order valence-corrected chi connectivity index (χ4v) is 6.01. The Morgan fingerprint density at radius 1 is 1.10 bits per heavy atom. The smallest absolute Gasteiger partial charge is 0.246 e. The first-order valence-electron chi connectivity index (χ1n) is 14.0. The lowest BCUT2D eigenvalue weighted by molar-refractivity contribution is -0.130. The van der Waals surface area contributed by atoms with Crippen molar-refractivity contribution in [2.75, 3.05) is 25.4 Å². The zero-order valence-corrected chi connectivity index (χ0v) is 23.5. The van der Waals surface area contributed by atoms with Crippen molar-refractivity contribution in [2.45, 2.75) is 31.8 Å². The molecule has 8 heteroatoms. The minimum absolute atomic E-state index is 0.0257. The number of nitrogen functional groups attached to an aromatic ring is 1. The molecule has 2 fully saturated rings. The highest BCUT2D eigenvalue weighted by Gasteiger charge is 2.36. The minimum Gasteiger partial charge on any atom is -0.457 e. The Kier molecular flexibility index (Phi) is 7.21. The summed E-state index contributed by atoms with van der Waals surface area (Å²) in [5.74, 6) is 9.29. The maximum Gasteiger partial charge on any atom is 0.246 e. The number of piperidine rings is 1. The van der Waals surface area contributed by atoms with Crippen molar-refractivity contribution in [1.82, 2.24) is 24.3 Å². The molecule has 4 aromatic rings. The average Bonchev–Trinajstić information content (AvgIpc) is 3.25. The van der Waals surface area contributed by atoms with Crippen LogP contribution in [0.5, 0.6) is 11.5 Å². The lowest BCUT2D eigenvalue weighted by Gasteiger charge is -2.47. The van der Waals surface area contributed by atoms with Gasteiger partial charge in [-0.3, -0.25) is 9.69 Å². The number of likely N-dealkylation sites (tertiary alicyclic amines) is 2. The van der Waals surface area contributed by atoms with Crippen molar-refractivity contribution in [3.63, 3.8) is 0 Å². The molecule has 1 unspecified atom stereocenters. The predicted molar refractivity (Wildman–Crippen MR) is 161 cm³/mol. The number of hydrogen-bond acceptors (Lipinski definition) is 6. The van der Waals surface area contributed by atoms with Crippen molar-refractivity contribution in [3.8, 4) is 34.5 Å². The van der Waals surface area contributed by atoms with Gasteiger partial charge in [-0.1, -0.05) is 42.8 Å². The molecule has 0 radical (unpaired) electrons. The van der Waals surface area contributed by atoms with Crippen LogP contribution >= 0.6 is 0 Å². The molecular weight excluding hydrogens is 512 g/mol. The van der Waals surface area contributed by atoms with Crippen LogP contribution in [0.25, 0.3) is 22.2 Å². The Labute approximate surface area is 240 Å². The third kappa shape index (κ3) is 5.17. The number of hydrogen-bond donors (Lipinski definition) is 1. The molecule has 4 heterocycles. The Balaban J connectivity index is 1.22. The van der Waals surface area contributed by atoms with E-state index in [9.17, 15) is 4.79 Å². The second-order valence-corrected chi connectivity index (χ2v) is 10.9. The lowest BCUT2D eigenvalue weighted by Crippen LogP contribution is -2.57. The number of nitrogens with two attached hydrogens (primary N) is 1. The largest absolute Gasteiger partial charge is 0.457 e. The van der Waals surface area contributed by atoms with Gasteiger partial charge >= 0.3 is 0 Å². The topological polar surface area (TPSA) is 89.5 Å². The lowest BCUT2D eigenvalue weighted by atomic mass is 9.90. The first-order chi connectivity index (χ1) is 19.9. The summed E-state index contributed by atoms with van der Waals surface area (Å²) >= 11 is 0. The van der Waals surface area contributed by atoms with Crippen LogP contribution in [0.3, 0.4) is 0 Å². The number of ether oxygens (including phenoxy) is 1. The third-order valence-electron chi connectivity index (χ3n) is 8.25. The number of carbonyl (C=O) groups excluding carboxylic acids is 1. The van der Waals surface area contributed by atoms with Crippen LogP contribution in [-0.4, -0.2) is 62.0 Å². The summed E-state index contributed by atoms with van der Waals surface area (Å²) in [4.78, 5) is 25.3. The molecule has 2 aromatic heterocycles. The molecule has 1 amide bonds. The second kappa shape index (κ2) is 11.1. The highest BCUT2D eigenvalue weighted by atomic mass is 16.5. The first kappa shape index (κ1) is 26.6. The molecule has 0 aliphatic carbocycles. The number of anilines is 1. The second-order valence-electron chi connectivity index (χ2n) is 10.9. The average molecular weight is 547 g/mol. The van der Waals surface area contributed by atoms with Crippen molar-refractivity contribution in [3.05, 3.63) is 79.3 Å². The number of amides is 1. The van der Waals surface area contributed by atoms with Gasteiger partial charge in [-0.2, -0.15) is 0 Å². The normalized spacial score (nSPS) is 19.3. The molecule has 2 saturated heterocycles. The zero-order chi connectivity index (χ0) is 28.5. The van der Waals surface area contributed by atoms with Crippen LogP contribution in [0.15, 0.2) is 73.6 Å². The van der Waals surface area contributed by atoms with E-state index >= 15 is 0 Å². The van der Waals surface area contributed by atoms with Crippen molar-refractivity contribution in [2.24, 2.45) is 13.0 Å². The van der Waals surface area contributed by atoms with Gasteiger partial charge in [0.2, 0.25) is 5.91 Å². The first-order valence-corrected chi connectivity index (χ1v) is 14.0. The van der Waals surface area contributed by atoms with Gasteiger partial charge in [0, 0.05) is 50.2 Å². The fraction of sp³-hybridized carbons (Fsp3) is 0.303. The summed E-state index contributed by atoms with van der Waals surface area (Å²) in [6, 6.07) is 18.4. The van der Waals surface area contributed by atoms with Gasteiger partial charge in [-0.05, 0) is 61.6 Å². The number of carbonyl (C=O) groups is 1. The number of fused-ring (bicyclic) bond motifs is 1. The molecular formula is C33H34N6O2. The van der Waals surface area contributed by atoms with Crippen LogP contribution in [-0.2, 0) is 11.8 Å².